The predicted molar refractivity (Wildman–Crippen MR) is 86.1 cm³/mol. The summed E-state index contributed by atoms with van der Waals surface area (Å²) in [5.41, 5.74) is 3.62. The highest BCUT2D eigenvalue weighted by Gasteiger charge is 2.16. The summed E-state index contributed by atoms with van der Waals surface area (Å²) in [6.07, 6.45) is 6.12. The molecule has 2 heterocycles. The number of anilines is 1. The lowest BCUT2D eigenvalue weighted by atomic mass is 10.1. The van der Waals surface area contributed by atoms with Crippen LogP contribution in [-0.2, 0) is 0 Å². The Kier molecular flexibility index (Phi) is 4.05. The number of nitrogens with one attached hydrogen (secondary N) is 3. The first-order valence-corrected chi connectivity index (χ1v) is 7.31. The number of H-pyrrole nitrogens is 2. The fraction of sp³-hybridized carbons (Fsp3) is 0.214. The van der Waals surface area contributed by atoms with Gasteiger partial charge in [-0.2, -0.15) is 5.10 Å². The Morgan fingerprint density at radius 3 is 2.86 bits per heavy atom. The number of rotatable bonds is 5. The summed E-state index contributed by atoms with van der Waals surface area (Å²) < 4.78 is 0. The summed E-state index contributed by atoms with van der Waals surface area (Å²) in [4.78, 5) is 3.17. The molecule has 3 aromatic rings. The fourth-order valence-corrected chi connectivity index (χ4v) is 2.73. The van der Waals surface area contributed by atoms with Crippen molar-refractivity contribution in [1.82, 2.24) is 15.2 Å². The second-order valence-electron chi connectivity index (χ2n) is 4.66. The summed E-state index contributed by atoms with van der Waals surface area (Å²) in [5.74, 6) is 0. The zero-order valence-electron chi connectivity index (χ0n) is 11.1. The van der Waals surface area contributed by atoms with Gasteiger partial charge in [-0.3, -0.25) is 5.10 Å². The van der Waals surface area contributed by atoms with Gasteiger partial charge in [0.15, 0.2) is 0 Å². The molecule has 0 aliphatic heterocycles. The summed E-state index contributed by atoms with van der Waals surface area (Å²) in [5, 5.41) is 20.9. The minimum Gasteiger partial charge on any atom is -0.396 e. The van der Waals surface area contributed by atoms with Crippen LogP contribution < -0.4 is 5.32 Å². The molecule has 3 rings (SSSR count). The number of hydrogen-bond acceptors (Lipinski definition) is 3. The van der Waals surface area contributed by atoms with E-state index in [0.29, 0.717) is 23.0 Å². The van der Waals surface area contributed by atoms with Gasteiger partial charge < -0.3 is 15.4 Å². The van der Waals surface area contributed by atoms with Crippen molar-refractivity contribution in [2.45, 2.75) is 6.42 Å². The Bertz CT molecular complexity index is 752. The monoisotopic (exact) mass is 324 g/mol. The summed E-state index contributed by atoms with van der Waals surface area (Å²) in [7, 11) is 0. The van der Waals surface area contributed by atoms with Gasteiger partial charge >= 0.3 is 0 Å². The van der Waals surface area contributed by atoms with E-state index in [9.17, 15) is 0 Å². The second kappa shape index (κ2) is 5.97. The average Bonchev–Trinajstić information content (AvgIpc) is 3.13. The molecule has 2 aromatic heterocycles. The third kappa shape index (κ3) is 2.60. The van der Waals surface area contributed by atoms with Crippen molar-refractivity contribution in [3.05, 3.63) is 34.7 Å². The number of nitrogens with zero attached hydrogens (tertiary/aromatic N) is 1. The van der Waals surface area contributed by atoms with Gasteiger partial charge in [-0.05, 0) is 12.5 Å². The maximum Gasteiger partial charge on any atom is 0.0834 e. The van der Waals surface area contributed by atoms with Crippen LogP contribution in [0, 0.1) is 0 Å². The fourth-order valence-electron chi connectivity index (χ4n) is 2.33. The first kappa shape index (κ1) is 14.3. The van der Waals surface area contributed by atoms with Crippen LogP contribution in [0.1, 0.15) is 6.42 Å². The van der Waals surface area contributed by atoms with Crippen LogP contribution in [0.5, 0.6) is 0 Å². The van der Waals surface area contributed by atoms with E-state index in [1.54, 1.807) is 12.3 Å². The van der Waals surface area contributed by atoms with E-state index in [0.717, 1.165) is 27.7 Å². The van der Waals surface area contributed by atoms with Crippen LogP contribution >= 0.6 is 23.2 Å². The molecule has 0 aliphatic carbocycles. The molecule has 0 unspecified atom stereocenters. The summed E-state index contributed by atoms with van der Waals surface area (Å²) in [6, 6.07) is 1.81. The topological polar surface area (TPSA) is 76.7 Å². The largest absolute Gasteiger partial charge is 0.396 e. The molecule has 110 valence electrons. The Morgan fingerprint density at radius 1 is 1.29 bits per heavy atom. The smallest absolute Gasteiger partial charge is 0.0834 e. The molecule has 0 saturated heterocycles. The van der Waals surface area contributed by atoms with Crippen LogP contribution in [0.2, 0.25) is 10.0 Å². The van der Waals surface area contributed by atoms with E-state index < -0.39 is 0 Å². The number of benzene rings is 1. The van der Waals surface area contributed by atoms with E-state index in [1.165, 1.54) is 0 Å². The number of aromatic nitrogens is 3. The Hall–Kier alpha value is -1.69. The third-order valence-electron chi connectivity index (χ3n) is 3.31. The molecule has 0 amide bonds. The molecule has 21 heavy (non-hydrogen) atoms. The highest BCUT2D eigenvalue weighted by molar-refractivity contribution is 6.46. The summed E-state index contributed by atoms with van der Waals surface area (Å²) in [6.45, 7) is 0.790. The van der Waals surface area contributed by atoms with Crippen LogP contribution in [0.25, 0.3) is 22.0 Å². The molecule has 0 radical (unpaired) electrons. The molecule has 5 nitrogen and oxygen atoms in total. The molecule has 4 N–H and O–H groups in total. The number of fused-ring (bicyclic) bond motifs is 1. The van der Waals surface area contributed by atoms with E-state index >= 15 is 0 Å². The number of aliphatic hydroxyl groups excluding tert-OH is 1. The van der Waals surface area contributed by atoms with Crippen molar-refractivity contribution < 1.29 is 5.11 Å². The van der Waals surface area contributed by atoms with Gasteiger partial charge in [0.05, 0.1) is 21.8 Å². The predicted octanol–water partition coefficient (Wildman–Crippen LogP) is 3.66. The standard InChI is InChI=1S/C14H14Cl2N4O/c15-10-4-11(17-2-1-3-21)12-9(8-5-19-20-6-8)7-18-14(12)13(10)16/h4-7,17-18,21H,1-3H2,(H,19,20). The maximum atomic E-state index is 8.92. The number of hydrogen-bond donors (Lipinski definition) is 4. The number of aliphatic hydroxyl groups is 1. The first-order valence-electron chi connectivity index (χ1n) is 6.55. The Labute approximate surface area is 131 Å². The van der Waals surface area contributed by atoms with E-state index in [1.807, 2.05) is 12.4 Å². The Morgan fingerprint density at radius 2 is 2.14 bits per heavy atom. The Balaban J connectivity index is 2.15. The lowest BCUT2D eigenvalue weighted by Gasteiger charge is -2.10. The zero-order valence-corrected chi connectivity index (χ0v) is 12.6. The first-order chi connectivity index (χ1) is 10.2. The highest BCUT2D eigenvalue weighted by Crippen LogP contribution is 2.40. The van der Waals surface area contributed by atoms with Crippen molar-refractivity contribution in [1.29, 1.82) is 0 Å². The molecule has 0 aliphatic rings. The number of aromatic amines is 2. The normalized spacial score (nSPS) is 11.2. The van der Waals surface area contributed by atoms with Gasteiger partial charge in [-0.25, -0.2) is 0 Å². The molecule has 0 bridgehead atoms. The quantitative estimate of drug-likeness (QED) is 0.541. The summed E-state index contributed by atoms with van der Waals surface area (Å²) >= 11 is 12.5. The van der Waals surface area contributed by atoms with Gasteiger partial charge in [0.1, 0.15) is 0 Å². The van der Waals surface area contributed by atoms with E-state index in [2.05, 4.69) is 20.5 Å². The van der Waals surface area contributed by atoms with Crippen LogP contribution in [0.15, 0.2) is 24.7 Å². The third-order valence-corrected chi connectivity index (χ3v) is 4.10. The average molecular weight is 325 g/mol. The van der Waals surface area contributed by atoms with Crippen molar-refractivity contribution >= 4 is 39.8 Å². The van der Waals surface area contributed by atoms with Crippen LogP contribution in [0.4, 0.5) is 5.69 Å². The van der Waals surface area contributed by atoms with Gasteiger partial charge in [-0.15, -0.1) is 0 Å². The molecule has 1 aromatic carbocycles. The van der Waals surface area contributed by atoms with Gasteiger partial charge in [0, 0.05) is 47.7 Å². The van der Waals surface area contributed by atoms with Crippen molar-refractivity contribution in [2.24, 2.45) is 0 Å². The molecule has 0 saturated carbocycles. The van der Waals surface area contributed by atoms with Crippen molar-refractivity contribution in [2.75, 3.05) is 18.5 Å². The van der Waals surface area contributed by atoms with Gasteiger partial charge in [0.25, 0.3) is 0 Å². The molecule has 7 heteroatoms. The second-order valence-corrected chi connectivity index (χ2v) is 5.45. The highest BCUT2D eigenvalue weighted by atomic mass is 35.5. The number of halogens is 2. The molecular weight excluding hydrogens is 311 g/mol. The molecule has 0 spiro atoms. The SMILES string of the molecule is OCCCNc1cc(Cl)c(Cl)c2[nH]cc(-c3cn[nH]c3)c12. The lowest BCUT2D eigenvalue weighted by Crippen LogP contribution is -2.04. The van der Waals surface area contributed by atoms with Crippen LogP contribution in [-0.4, -0.2) is 33.4 Å². The van der Waals surface area contributed by atoms with Gasteiger partial charge in [-0.1, -0.05) is 23.2 Å². The van der Waals surface area contributed by atoms with E-state index in [4.69, 9.17) is 28.3 Å². The zero-order chi connectivity index (χ0) is 14.8. The van der Waals surface area contributed by atoms with Crippen molar-refractivity contribution in [3.8, 4) is 11.1 Å². The minimum absolute atomic E-state index is 0.138. The van der Waals surface area contributed by atoms with Crippen molar-refractivity contribution in [3.63, 3.8) is 0 Å². The molecular formula is C14H14Cl2N4O. The lowest BCUT2D eigenvalue weighted by molar-refractivity contribution is 0.292. The van der Waals surface area contributed by atoms with E-state index in [-0.39, 0.29) is 6.61 Å². The molecule has 0 fully saturated rings. The minimum atomic E-state index is 0.138. The molecule has 0 atom stereocenters. The maximum absolute atomic E-state index is 8.92. The van der Waals surface area contributed by atoms with Crippen LogP contribution in [0.3, 0.4) is 0 Å². The van der Waals surface area contributed by atoms with Gasteiger partial charge in [0.2, 0.25) is 0 Å².